The molecule has 4 nitrogen and oxygen atoms in total. The monoisotopic (exact) mass is 293 g/mol. The number of rotatable bonds is 4. The van der Waals surface area contributed by atoms with E-state index in [-0.39, 0.29) is 10.0 Å². The second-order valence-corrected chi connectivity index (χ2v) is 6.38. The van der Waals surface area contributed by atoms with Crippen LogP contribution >= 0.6 is 11.9 Å². The molecule has 0 aliphatic carbocycles. The SMILES string of the molecule is O=C(SNS(=O)(=O)c1ccccc1)c1ccccc1. The summed E-state index contributed by atoms with van der Waals surface area (Å²) in [5.41, 5.74) is 0.447. The normalized spacial score (nSPS) is 11.2. The van der Waals surface area contributed by atoms with Crippen molar-refractivity contribution >= 4 is 27.1 Å². The van der Waals surface area contributed by atoms with Crippen LogP contribution in [0.3, 0.4) is 0 Å². The van der Waals surface area contributed by atoms with Gasteiger partial charge in [-0.3, -0.25) is 4.79 Å². The predicted octanol–water partition coefficient (Wildman–Crippen LogP) is 2.45. The maximum absolute atomic E-state index is 11.9. The van der Waals surface area contributed by atoms with E-state index in [9.17, 15) is 13.2 Å². The van der Waals surface area contributed by atoms with E-state index in [0.717, 1.165) is 0 Å². The standard InChI is InChI=1S/C13H11NO3S2/c15-13(11-7-3-1-4-8-11)18-14-19(16,17)12-9-5-2-6-10-12/h1-10,14H. The Kier molecular flexibility index (Phi) is 4.36. The Balaban J connectivity index is 2.05. The van der Waals surface area contributed by atoms with E-state index in [1.807, 2.05) is 0 Å². The molecule has 0 aliphatic heterocycles. The molecule has 0 radical (unpaired) electrons. The van der Waals surface area contributed by atoms with Crippen LogP contribution in [0.4, 0.5) is 0 Å². The van der Waals surface area contributed by atoms with E-state index in [1.165, 1.54) is 12.1 Å². The highest BCUT2D eigenvalue weighted by Gasteiger charge is 2.16. The molecular formula is C13H11NO3S2. The molecule has 0 spiro atoms. The average Bonchev–Trinajstić information content (AvgIpc) is 2.47. The quantitative estimate of drug-likeness (QED) is 0.880. The molecule has 0 heterocycles. The van der Waals surface area contributed by atoms with Gasteiger partial charge in [-0.25, -0.2) is 8.42 Å². The van der Waals surface area contributed by atoms with Crippen molar-refractivity contribution in [2.24, 2.45) is 0 Å². The van der Waals surface area contributed by atoms with Crippen LogP contribution in [-0.2, 0) is 10.0 Å². The zero-order valence-electron chi connectivity index (χ0n) is 9.81. The lowest BCUT2D eigenvalue weighted by atomic mass is 10.2. The highest BCUT2D eigenvalue weighted by atomic mass is 32.3. The van der Waals surface area contributed by atoms with E-state index in [4.69, 9.17) is 0 Å². The van der Waals surface area contributed by atoms with Gasteiger partial charge in [-0.1, -0.05) is 48.5 Å². The molecule has 2 aromatic rings. The number of nitrogens with one attached hydrogen (secondary N) is 1. The molecule has 0 bridgehead atoms. The van der Waals surface area contributed by atoms with Crippen LogP contribution in [0.2, 0.25) is 0 Å². The number of hydrogen-bond donors (Lipinski definition) is 1. The van der Waals surface area contributed by atoms with E-state index in [0.29, 0.717) is 17.5 Å². The van der Waals surface area contributed by atoms with Crippen molar-refractivity contribution in [2.75, 3.05) is 0 Å². The van der Waals surface area contributed by atoms with E-state index >= 15 is 0 Å². The number of carbonyl (C=O) groups is 1. The van der Waals surface area contributed by atoms with Crippen molar-refractivity contribution < 1.29 is 13.2 Å². The summed E-state index contributed by atoms with van der Waals surface area (Å²) >= 11 is 0.554. The Morgan fingerprint density at radius 1 is 0.895 bits per heavy atom. The van der Waals surface area contributed by atoms with E-state index in [2.05, 4.69) is 4.13 Å². The van der Waals surface area contributed by atoms with E-state index < -0.39 is 10.0 Å². The molecule has 0 saturated carbocycles. The second kappa shape index (κ2) is 6.01. The molecule has 0 aromatic heterocycles. The number of benzene rings is 2. The van der Waals surface area contributed by atoms with Crippen molar-refractivity contribution in [3.63, 3.8) is 0 Å². The minimum atomic E-state index is -3.67. The molecule has 98 valence electrons. The lowest BCUT2D eigenvalue weighted by Gasteiger charge is -2.04. The molecule has 0 unspecified atom stereocenters. The van der Waals surface area contributed by atoms with Crippen LogP contribution < -0.4 is 4.13 Å². The largest absolute Gasteiger partial charge is 0.280 e. The van der Waals surface area contributed by atoms with Gasteiger partial charge >= 0.3 is 0 Å². The summed E-state index contributed by atoms with van der Waals surface area (Å²) in [6.07, 6.45) is 0. The van der Waals surface area contributed by atoms with Gasteiger partial charge in [-0.2, -0.15) is 0 Å². The van der Waals surface area contributed by atoms with Gasteiger partial charge in [0.2, 0.25) is 15.1 Å². The third-order valence-electron chi connectivity index (χ3n) is 2.31. The van der Waals surface area contributed by atoms with Crippen LogP contribution in [0.5, 0.6) is 0 Å². The molecule has 2 aromatic carbocycles. The number of hydrogen-bond acceptors (Lipinski definition) is 4. The highest BCUT2D eigenvalue weighted by molar-refractivity contribution is 8.19. The third kappa shape index (κ3) is 3.66. The first-order valence-corrected chi connectivity index (χ1v) is 7.72. The average molecular weight is 293 g/mol. The smallest absolute Gasteiger partial charge is 0.250 e. The lowest BCUT2D eigenvalue weighted by molar-refractivity contribution is 0.108. The summed E-state index contributed by atoms with van der Waals surface area (Å²) in [6.45, 7) is 0. The van der Waals surface area contributed by atoms with Gasteiger partial charge in [0.1, 0.15) is 0 Å². The molecule has 1 N–H and O–H groups in total. The summed E-state index contributed by atoms with van der Waals surface area (Å²) in [7, 11) is -3.67. The molecule has 6 heteroatoms. The third-order valence-corrected chi connectivity index (χ3v) is 4.83. The van der Waals surface area contributed by atoms with Crippen molar-refractivity contribution in [1.29, 1.82) is 0 Å². The lowest BCUT2D eigenvalue weighted by Crippen LogP contribution is -2.18. The van der Waals surface area contributed by atoms with Gasteiger partial charge < -0.3 is 0 Å². The van der Waals surface area contributed by atoms with Gasteiger partial charge in [-0.15, -0.1) is 4.13 Å². The summed E-state index contributed by atoms with van der Waals surface area (Å²) in [5, 5.41) is -0.347. The first-order valence-electron chi connectivity index (χ1n) is 5.43. The Hall–Kier alpha value is -1.63. The zero-order chi connectivity index (χ0) is 13.7. The summed E-state index contributed by atoms with van der Waals surface area (Å²) in [4.78, 5) is 11.9. The van der Waals surface area contributed by atoms with Gasteiger partial charge in [0, 0.05) is 17.5 Å². The van der Waals surface area contributed by atoms with Crippen LogP contribution in [0.25, 0.3) is 0 Å². The fraction of sp³-hybridized carbons (Fsp3) is 0. The Bertz CT molecular complexity index is 655. The first kappa shape index (κ1) is 13.8. The Morgan fingerprint density at radius 2 is 1.42 bits per heavy atom. The molecule has 0 fully saturated rings. The number of sulfonamides is 1. The van der Waals surface area contributed by atoms with Gasteiger partial charge in [-0.05, 0) is 12.1 Å². The highest BCUT2D eigenvalue weighted by Crippen LogP contribution is 2.14. The summed E-state index contributed by atoms with van der Waals surface area (Å²) in [6, 6.07) is 16.4. The van der Waals surface area contributed by atoms with Crippen LogP contribution in [-0.4, -0.2) is 13.5 Å². The molecule has 2 rings (SSSR count). The van der Waals surface area contributed by atoms with Gasteiger partial charge in [0.25, 0.3) is 0 Å². The fourth-order valence-corrected chi connectivity index (χ4v) is 3.27. The maximum Gasteiger partial charge on any atom is 0.250 e. The van der Waals surface area contributed by atoms with Crippen molar-refractivity contribution in [3.05, 3.63) is 66.2 Å². The summed E-state index contributed by atoms with van der Waals surface area (Å²) in [5.74, 6) is 0. The molecule has 0 saturated heterocycles. The Morgan fingerprint density at radius 3 is 2.00 bits per heavy atom. The predicted molar refractivity (Wildman–Crippen MR) is 75.1 cm³/mol. The van der Waals surface area contributed by atoms with Crippen molar-refractivity contribution in [1.82, 2.24) is 4.13 Å². The van der Waals surface area contributed by atoms with Crippen LogP contribution in [0.15, 0.2) is 65.6 Å². The molecular weight excluding hydrogens is 282 g/mol. The topological polar surface area (TPSA) is 63.2 Å². The molecule has 0 amide bonds. The van der Waals surface area contributed by atoms with Crippen LogP contribution in [0, 0.1) is 0 Å². The van der Waals surface area contributed by atoms with E-state index in [1.54, 1.807) is 48.5 Å². The number of carbonyl (C=O) groups excluding carboxylic acids is 1. The van der Waals surface area contributed by atoms with Crippen molar-refractivity contribution in [3.8, 4) is 0 Å². The van der Waals surface area contributed by atoms with Gasteiger partial charge in [0.15, 0.2) is 0 Å². The minimum absolute atomic E-state index is 0.128. The van der Waals surface area contributed by atoms with Crippen LogP contribution in [0.1, 0.15) is 10.4 Å². The maximum atomic E-state index is 11.9. The fourth-order valence-electron chi connectivity index (χ4n) is 1.37. The minimum Gasteiger partial charge on any atom is -0.280 e. The second-order valence-electron chi connectivity index (χ2n) is 3.66. The van der Waals surface area contributed by atoms with Gasteiger partial charge in [0.05, 0.1) is 4.90 Å². The molecule has 0 aliphatic rings. The molecule has 19 heavy (non-hydrogen) atoms. The molecule has 0 atom stereocenters. The Labute approximate surface area is 116 Å². The van der Waals surface area contributed by atoms with Crippen molar-refractivity contribution in [2.45, 2.75) is 4.90 Å². The first-order chi connectivity index (χ1) is 9.09. The zero-order valence-corrected chi connectivity index (χ0v) is 11.4. The summed E-state index contributed by atoms with van der Waals surface area (Å²) < 4.78 is 26.0.